The third kappa shape index (κ3) is 6.02. The van der Waals surface area contributed by atoms with E-state index in [0.717, 1.165) is 5.75 Å². The summed E-state index contributed by atoms with van der Waals surface area (Å²) in [6, 6.07) is 15.6. The minimum atomic E-state index is -0.645. The molecule has 1 fully saturated rings. The van der Waals surface area contributed by atoms with E-state index in [1.54, 1.807) is 30.3 Å². The third-order valence-corrected chi connectivity index (χ3v) is 7.82. The molecule has 0 spiro atoms. The summed E-state index contributed by atoms with van der Waals surface area (Å²) in [5.41, 5.74) is 1.53. The van der Waals surface area contributed by atoms with E-state index in [4.69, 9.17) is 27.9 Å². The molecule has 1 aliphatic rings. The highest BCUT2D eigenvalue weighted by molar-refractivity contribution is 8.16. The van der Waals surface area contributed by atoms with Gasteiger partial charge >= 0.3 is 0 Å². The molecular weight excluding hydrogens is 512 g/mol. The number of rotatable bonds is 5. The van der Waals surface area contributed by atoms with E-state index in [1.807, 2.05) is 11.2 Å². The van der Waals surface area contributed by atoms with E-state index in [2.05, 4.69) is 16.0 Å². The van der Waals surface area contributed by atoms with Crippen molar-refractivity contribution in [1.29, 1.82) is 0 Å². The van der Waals surface area contributed by atoms with Gasteiger partial charge < -0.3 is 15.4 Å². The number of ether oxygens (including phenoxy) is 1. The molecule has 6 nitrogen and oxygen atoms in total. The molecule has 3 aromatic carbocycles. The Hall–Kier alpha value is -2.91. The summed E-state index contributed by atoms with van der Waals surface area (Å²) in [7, 11) is -0.161. The van der Waals surface area contributed by atoms with Crippen molar-refractivity contribution >= 4 is 68.1 Å². The van der Waals surface area contributed by atoms with Crippen LogP contribution >= 0.6 is 33.9 Å². The highest BCUT2D eigenvalue weighted by atomic mass is 35.5. The second-order valence-electron chi connectivity index (χ2n) is 7.53. The Kier molecular flexibility index (Phi) is 8.07. The SMILES string of the molecule is C/C=S1/CCOCN1c1ccc(C(=O)Nc2ccc(Cl)c(NC(=O)c3cccc(Cl)c3)c2)c(F)c1. The smallest absolute Gasteiger partial charge is 0.258 e. The summed E-state index contributed by atoms with van der Waals surface area (Å²) < 4.78 is 22.4. The monoisotopic (exact) mass is 533 g/mol. The molecule has 1 saturated heterocycles. The van der Waals surface area contributed by atoms with Crippen molar-refractivity contribution in [2.24, 2.45) is 0 Å². The van der Waals surface area contributed by atoms with Crippen molar-refractivity contribution in [2.45, 2.75) is 6.92 Å². The van der Waals surface area contributed by atoms with E-state index in [-0.39, 0.29) is 21.3 Å². The Morgan fingerprint density at radius 1 is 1.06 bits per heavy atom. The van der Waals surface area contributed by atoms with Gasteiger partial charge in [0.1, 0.15) is 12.5 Å². The molecule has 2 N–H and O–H groups in total. The standard InChI is InChI=1S/C25H22Cl2FN3O3S/c1-2-35-11-10-34-15-31(35)19-7-8-20(22(28)14-19)25(33)29-18-6-9-21(27)23(13-18)30-24(32)16-4-3-5-17(26)12-16/h2-9,12-14H,10-11,15H2,1H3,(H,29,33)(H,30,32). The van der Waals surface area contributed by atoms with Crippen LogP contribution in [-0.4, -0.2) is 36.3 Å². The number of hydrogen-bond donors (Lipinski definition) is 2. The van der Waals surface area contributed by atoms with E-state index in [1.165, 1.54) is 30.3 Å². The number of halogens is 3. The van der Waals surface area contributed by atoms with Crippen LogP contribution in [0.15, 0.2) is 60.7 Å². The first-order valence-corrected chi connectivity index (χ1v) is 12.8. The fourth-order valence-electron chi connectivity index (χ4n) is 3.49. The first-order chi connectivity index (χ1) is 16.9. The van der Waals surface area contributed by atoms with Gasteiger partial charge in [-0.15, -0.1) is 0 Å². The Balaban J connectivity index is 1.49. The molecule has 4 rings (SSSR count). The summed E-state index contributed by atoms with van der Waals surface area (Å²) in [6.07, 6.45) is 0. The molecular formula is C25H22Cl2FN3O3S. The molecule has 1 aliphatic heterocycles. The van der Waals surface area contributed by atoms with Crippen LogP contribution in [0.25, 0.3) is 0 Å². The third-order valence-electron chi connectivity index (χ3n) is 5.25. The molecule has 3 aromatic rings. The molecule has 0 bridgehead atoms. The highest BCUT2D eigenvalue weighted by Crippen LogP contribution is 2.32. The number of anilines is 3. The van der Waals surface area contributed by atoms with Crippen LogP contribution in [0.1, 0.15) is 27.6 Å². The van der Waals surface area contributed by atoms with Crippen molar-refractivity contribution in [3.63, 3.8) is 0 Å². The highest BCUT2D eigenvalue weighted by Gasteiger charge is 2.19. The first kappa shape index (κ1) is 25.2. The molecule has 0 radical (unpaired) electrons. The Morgan fingerprint density at radius 2 is 1.89 bits per heavy atom. The van der Waals surface area contributed by atoms with Gasteiger partial charge in [-0.25, -0.2) is 4.39 Å². The van der Waals surface area contributed by atoms with E-state index >= 15 is 0 Å². The van der Waals surface area contributed by atoms with Crippen molar-refractivity contribution in [3.05, 3.63) is 87.7 Å². The second-order valence-corrected chi connectivity index (χ2v) is 10.5. The molecule has 10 heteroatoms. The molecule has 1 heterocycles. The van der Waals surface area contributed by atoms with E-state index in [9.17, 15) is 14.0 Å². The lowest BCUT2D eigenvalue weighted by Gasteiger charge is -2.32. The Bertz CT molecular complexity index is 1320. The van der Waals surface area contributed by atoms with Gasteiger partial charge in [0.2, 0.25) is 0 Å². The number of carbonyl (C=O) groups is 2. The van der Waals surface area contributed by atoms with Gasteiger partial charge in [-0.3, -0.25) is 13.9 Å². The maximum atomic E-state index is 14.9. The van der Waals surface area contributed by atoms with Crippen molar-refractivity contribution < 1.29 is 18.7 Å². The fourth-order valence-corrected chi connectivity index (χ4v) is 5.44. The number of nitrogens with one attached hydrogen (secondary N) is 2. The second kappa shape index (κ2) is 11.2. The van der Waals surface area contributed by atoms with Gasteiger partial charge in [-0.2, -0.15) is 0 Å². The van der Waals surface area contributed by atoms with E-state index in [0.29, 0.717) is 41.0 Å². The van der Waals surface area contributed by atoms with Crippen LogP contribution in [0.3, 0.4) is 0 Å². The largest absolute Gasteiger partial charge is 0.359 e. The molecule has 35 heavy (non-hydrogen) atoms. The predicted octanol–water partition coefficient (Wildman–Crippen LogP) is 6.44. The van der Waals surface area contributed by atoms with Crippen molar-refractivity contribution in [3.8, 4) is 0 Å². The summed E-state index contributed by atoms with van der Waals surface area (Å²) in [5, 5.41) is 8.13. The number of carbonyl (C=O) groups excluding carboxylic acids is 2. The predicted molar refractivity (Wildman–Crippen MR) is 143 cm³/mol. The quantitative estimate of drug-likeness (QED) is 0.370. The Labute approximate surface area is 215 Å². The average Bonchev–Trinajstić information content (AvgIpc) is 2.85. The van der Waals surface area contributed by atoms with Crippen LogP contribution < -0.4 is 14.9 Å². The van der Waals surface area contributed by atoms with Crippen LogP contribution in [0.5, 0.6) is 0 Å². The summed E-state index contributed by atoms with van der Waals surface area (Å²) in [4.78, 5) is 25.3. The first-order valence-electron chi connectivity index (χ1n) is 10.7. The normalized spacial score (nSPS) is 15.7. The van der Waals surface area contributed by atoms with Crippen LogP contribution in [0.4, 0.5) is 21.5 Å². The summed E-state index contributed by atoms with van der Waals surface area (Å²) in [5.74, 6) is -0.842. The molecule has 1 unspecified atom stereocenters. The van der Waals surface area contributed by atoms with Gasteiger partial charge in [0, 0.05) is 22.0 Å². The van der Waals surface area contributed by atoms with Crippen LogP contribution in [-0.2, 0) is 4.74 Å². The Morgan fingerprint density at radius 3 is 2.63 bits per heavy atom. The number of nitrogens with zero attached hydrogens (tertiary/aromatic N) is 1. The van der Waals surface area contributed by atoms with Crippen molar-refractivity contribution in [1.82, 2.24) is 0 Å². The topological polar surface area (TPSA) is 70.7 Å². The summed E-state index contributed by atoms with van der Waals surface area (Å²) >= 11 is 12.2. The maximum absolute atomic E-state index is 14.9. The molecule has 0 aromatic heterocycles. The summed E-state index contributed by atoms with van der Waals surface area (Å²) in [6.45, 7) is 3.00. The lowest BCUT2D eigenvalue weighted by Crippen LogP contribution is -2.29. The van der Waals surface area contributed by atoms with Gasteiger partial charge in [0.15, 0.2) is 0 Å². The van der Waals surface area contributed by atoms with E-state index < -0.39 is 17.6 Å². The fraction of sp³-hybridized carbons (Fsp3) is 0.160. The lowest BCUT2D eigenvalue weighted by atomic mass is 10.1. The van der Waals surface area contributed by atoms with Crippen LogP contribution in [0.2, 0.25) is 10.0 Å². The molecule has 1 atom stereocenters. The number of hydrogen-bond acceptors (Lipinski definition) is 4. The van der Waals surface area contributed by atoms with Crippen LogP contribution in [0, 0.1) is 5.82 Å². The maximum Gasteiger partial charge on any atom is 0.258 e. The lowest BCUT2D eigenvalue weighted by molar-refractivity contribution is 0.101. The average molecular weight is 534 g/mol. The zero-order chi connectivity index (χ0) is 24.9. The zero-order valence-corrected chi connectivity index (χ0v) is 21.0. The minimum Gasteiger partial charge on any atom is -0.359 e. The number of benzene rings is 3. The minimum absolute atomic E-state index is 0.105. The van der Waals surface area contributed by atoms with Gasteiger partial charge in [0.05, 0.1) is 28.6 Å². The molecule has 182 valence electrons. The van der Waals surface area contributed by atoms with Gasteiger partial charge in [-0.1, -0.05) is 39.9 Å². The molecule has 0 aliphatic carbocycles. The molecule has 0 saturated carbocycles. The van der Waals surface area contributed by atoms with Crippen molar-refractivity contribution in [2.75, 3.05) is 34.0 Å². The zero-order valence-electron chi connectivity index (χ0n) is 18.7. The molecule has 2 amide bonds. The number of amides is 2. The van der Waals surface area contributed by atoms with Gasteiger partial charge in [0.25, 0.3) is 11.8 Å². The van der Waals surface area contributed by atoms with Gasteiger partial charge in [-0.05, 0) is 66.9 Å².